The summed E-state index contributed by atoms with van der Waals surface area (Å²) in [6.07, 6.45) is -2.42. The third-order valence-electron chi connectivity index (χ3n) is 3.57. The van der Waals surface area contributed by atoms with Gasteiger partial charge in [0.25, 0.3) is 0 Å². The van der Waals surface area contributed by atoms with Crippen molar-refractivity contribution in [2.75, 3.05) is 11.9 Å². The molecular weight excluding hydrogens is 333 g/mol. The Bertz CT molecular complexity index is 655. The van der Waals surface area contributed by atoms with Gasteiger partial charge in [-0.15, -0.1) is 6.58 Å². The summed E-state index contributed by atoms with van der Waals surface area (Å²) in [5, 5.41) is 4.81. The number of alkyl halides is 3. The third kappa shape index (κ3) is 3.67. The van der Waals surface area contributed by atoms with E-state index in [1.165, 1.54) is 6.08 Å². The molecule has 1 fully saturated rings. The summed E-state index contributed by atoms with van der Waals surface area (Å²) in [5.41, 5.74) is -2.35. The smallest absolute Gasteiger partial charge is 0.352 e. The zero-order chi connectivity index (χ0) is 17.3. The molecule has 2 rings (SSSR count). The van der Waals surface area contributed by atoms with Gasteiger partial charge in [0.15, 0.2) is 0 Å². The molecule has 1 aliphatic carbocycles. The highest BCUT2D eigenvalue weighted by Gasteiger charge is 2.56. The summed E-state index contributed by atoms with van der Waals surface area (Å²) >= 11 is 5.83. The normalized spacial score (nSPS) is 15.7. The number of carbonyl (C=O) groups excluding carboxylic acids is 2. The van der Waals surface area contributed by atoms with E-state index < -0.39 is 29.0 Å². The van der Waals surface area contributed by atoms with Gasteiger partial charge in [-0.1, -0.05) is 17.7 Å². The van der Waals surface area contributed by atoms with Crippen LogP contribution in [0.25, 0.3) is 0 Å². The molecule has 0 aromatic heterocycles. The summed E-state index contributed by atoms with van der Waals surface area (Å²) in [6.45, 7) is 3.66. The molecule has 4 nitrogen and oxygen atoms in total. The second-order valence-electron chi connectivity index (χ2n) is 5.23. The van der Waals surface area contributed by atoms with E-state index in [0.29, 0.717) is 12.8 Å². The van der Waals surface area contributed by atoms with Gasteiger partial charge in [0.2, 0.25) is 11.8 Å². The standard InChI is InChI=1S/C15H14ClF3N2O2/c1-2-7-20-12(22)14(5-6-14)13(23)21-11-8-9(15(17,18)19)3-4-10(11)16/h2-4,8H,1,5-7H2,(H,20,22)(H,21,23). The van der Waals surface area contributed by atoms with Crippen molar-refractivity contribution in [2.45, 2.75) is 19.0 Å². The number of halogens is 4. The van der Waals surface area contributed by atoms with Crippen LogP contribution in [0.2, 0.25) is 5.02 Å². The number of amides is 2. The number of nitrogens with one attached hydrogen (secondary N) is 2. The van der Waals surface area contributed by atoms with Crippen molar-refractivity contribution in [2.24, 2.45) is 5.41 Å². The number of rotatable bonds is 5. The minimum atomic E-state index is -4.55. The zero-order valence-electron chi connectivity index (χ0n) is 12.0. The maximum absolute atomic E-state index is 12.7. The fourth-order valence-electron chi connectivity index (χ4n) is 2.06. The van der Waals surface area contributed by atoms with Crippen LogP contribution in [0.15, 0.2) is 30.9 Å². The van der Waals surface area contributed by atoms with Gasteiger partial charge in [-0.05, 0) is 31.0 Å². The zero-order valence-corrected chi connectivity index (χ0v) is 12.7. The molecule has 0 saturated heterocycles. The van der Waals surface area contributed by atoms with E-state index in [1.54, 1.807) is 0 Å². The van der Waals surface area contributed by atoms with Gasteiger partial charge in [0, 0.05) is 6.54 Å². The lowest BCUT2D eigenvalue weighted by molar-refractivity contribution is -0.138. The highest BCUT2D eigenvalue weighted by atomic mass is 35.5. The van der Waals surface area contributed by atoms with Gasteiger partial charge in [0.05, 0.1) is 16.3 Å². The molecule has 0 unspecified atom stereocenters. The molecule has 23 heavy (non-hydrogen) atoms. The van der Waals surface area contributed by atoms with Crippen LogP contribution in [0.4, 0.5) is 18.9 Å². The van der Waals surface area contributed by atoms with Crippen LogP contribution in [-0.2, 0) is 15.8 Å². The van der Waals surface area contributed by atoms with E-state index in [9.17, 15) is 22.8 Å². The van der Waals surface area contributed by atoms with Crippen molar-refractivity contribution in [3.05, 3.63) is 41.4 Å². The van der Waals surface area contributed by atoms with Gasteiger partial charge in [-0.2, -0.15) is 13.2 Å². The second-order valence-corrected chi connectivity index (χ2v) is 5.63. The average molecular weight is 347 g/mol. The van der Waals surface area contributed by atoms with E-state index in [-0.39, 0.29) is 17.3 Å². The van der Waals surface area contributed by atoms with Gasteiger partial charge in [0.1, 0.15) is 5.41 Å². The third-order valence-corrected chi connectivity index (χ3v) is 3.90. The minimum absolute atomic E-state index is 0.0337. The molecule has 0 spiro atoms. The quantitative estimate of drug-likeness (QED) is 0.634. The average Bonchev–Trinajstić information content (AvgIpc) is 3.27. The number of hydrogen-bond acceptors (Lipinski definition) is 2. The van der Waals surface area contributed by atoms with Crippen LogP contribution >= 0.6 is 11.6 Å². The summed E-state index contributed by atoms with van der Waals surface area (Å²) in [7, 11) is 0. The van der Waals surface area contributed by atoms with Crippen molar-refractivity contribution < 1.29 is 22.8 Å². The molecule has 1 aromatic rings. The predicted octanol–water partition coefficient (Wildman–Crippen LogP) is 3.38. The molecule has 0 aliphatic heterocycles. The van der Waals surface area contributed by atoms with Crippen LogP contribution in [0.5, 0.6) is 0 Å². The van der Waals surface area contributed by atoms with Crippen molar-refractivity contribution in [3.8, 4) is 0 Å². The fraction of sp³-hybridized carbons (Fsp3) is 0.333. The van der Waals surface area contributed by atoms with E-state index >= 15 is 0 Å². The molecule has 2 amide bonds. The lowest BCUT2D eigenvalue weighted by Crippen LogP contribution is -2.40. The molecule has 0 bridgehead atoms. The van der Waals surface area contributed by atoms with Gasteiger partial charge >= 0.3 is 6.18 Å². The van der Waals surface area contributed by atoms with Crippen molar-refractivity contribution in [3.63, 3.8) is 0 Å². The maximum Gasteiger partial charge on any atom is 0.416 e. The van der Waals surface area contributed by atoms with Crippen LogP contribution in [0.3, 0.4) is 0 Å². The molecule has 1 aromatic carbocycles. The molecule has 2 N–H and O–H groups in total. The molecule has 0 atom stereocenters. The Morgan fingerprint density at radius 2 is 1.96 bits per heavy atom. The SMILES string of the molecule is C=CCNC(=O)C1(C(=O)Nc2cc(C(F)(F)F)ccc2Cl)CC1. The lowest BCUT2D eigenvalue weighted by atomic mass is 10.0. The van der Waals surface area contributed by atoms with E-state index in [0.717, 1.165) is 18.2 Å². The van der Waals surface area contributed by atoms with Crippen molar-refractivity contribution in [1.82, 2.24) is 5.32 Å². The van der Waals surface area contributed by atoms with Crippen molar-refractivity contribution >= 4 is 29.1 Å². The Morgan fingerprint density at radius 3 is 2.48 bits per heavy atom. The predicted molar refractivity (Wildman–Crippen MR) is 80.0 cm³/mol. The summed E-state index contributed by atoms with van der Waals surface area (Å²) < 4.78 is 38.2. The van der Waals surface area contributed by atoms with Crippen LogP contribution < -0.4 is 10.6 Å². The first-order chi connectivity index (χ1) is 10.7. The Balaban J connectivity index is 2.17. The first kappa shape index (κ1) is 17.3. The van der Waals surface area contributed by atoms with E-state index in [4.69, 9.17) is 11.6 Å². The summed E-state index contributed by atoms with van der Waals surface area (Å²) in [6, 6.07) is 2.62. The van der Waals surface area contributed by atoms with E-state index in [2.05, 4.69) is 17.2 Å². The van der Waals surface area contributed by atoms with Gasteiger partial charge in [-0.3, -0.25) is 9.59 Å². The molecule has 0 radical (unpaired) electrons. The highest BCUT2D eigenvalue weighted by Crippen LogP contribution is 2.47. The Hall–Kier alpha value is -2.02. The molecule has 1 aliphatic rings. The maximum atomic E-state index is 12.7. The molecule has 8 heteroatoms. The van der Waals surface area contributed by atoms with Crippen LogP contribution in [0, 0.1) is 5.41 Å². The number of benzene rings is 1. The molecular formula is C15H14ClF3N2O2. The lowest BCUT2D eigenvalue weighted by Gasteiger charge is -2.16. The number of hydrogen-bond donors (Lipinski definition) is 2. The molecule has 1 saturated carbocycles. The Morgan fingerprint density at radius 1 is 1.30 bits per heavy atom. The Labute approximate surface area is 135 Å². The largest absolute Gasteiger partial charge is 0.416 e. The summed E-state index contributed by atoms with van der Waals surface area (Å²) in [5.74, 6) is -1.14. The highest BCUT2D eigenvalue weighted by molar-refractivity contribution is 6.34. The monoisotopic (exact) mass is 346 g/mol. The number of carbonyl (C=O) groups is 2. The molecule has 124 valence electrons. The first-order valence-electron chi connectivity index (χ1n) is 6.78. The molecule has 0 heterocycles. The number of anilines is 1. The first-order valence-corrected chi connectivity index (χ1v) is 7.16. The fourth-order valence-corrected chi connectivity index (χ4v) is 2.22. The summed E-state index contributed by atoms with van der Waals surface area (Å²) in [4.78, 5) is 24.3. The Kier molecular flexibility index (Phi) is 4.70. The topological polar surface area (TPSA) is 58.2 Å². The van der Waals surface area contributed by atoms with Crippen LogP contribution in [-0.4, -0.2) is 18.4 Å². The minimum Gasteiger partial charge on any atom is -0.352 e. The van der Waals surface area contributed by atoms with Crippen LogP contribution in [0.1, 0.15) is 18.4 Å². The second kappa shape index (κ2) is 6.23. The van der Waals surface area contributed by atoms with E-state index in [1.807, 2.05) is 0 Å². The van der Waals surface area contributed by atoms with Gasteiger partial charge in [-0.25, -0.2) is 0 Å². The van der Waals surface area contributed by atoms with Crippen molar-refractivity contribution in [1.29, 1.82) is 0 Å². The van der Waals surface area contributed by atoms with Gasteiger partial charge < -0.3 is 10.6 Å².